The molecule has 0 amide bonds. The van der Waals surface area contributed by atoms with E-state index in [4.69, 9.17) is 8.37 Å². The number of rotatable bonds is 6. The Labute approximate surface area is 291 Å². The van der Waals surface area contributed by atoms with Gasteiger partial charge in [0.05, 0.1) is 0 Å². The van der Waals surface area contributed by atoms with E-state index >= 15 is 0 Å². The van der Waals surface area contributed by atoms with Crippen LogP contribution in [0.15, 0.2) is 142 Å². The molecule has 0 radical (unpaired) electrons. The number of aryl methyl sites for hydroxylation is 2. The molecule has 0 saturated carbocycles. The summed E-state index contributed by atoms with van der Waals surface area (Å²) in [5, 5.41) is 2.63. The lowest BCUT2D eigenvalue weighted by Gasteiger charge is -2.45. The minimum atomic E-state index is -4.32. The second kappa shape index (κ2) is 11.2. The standard InChI is InChI=1S/C42H32O6S2/c1-25-15-19-29(20-16-25)49(43,44)47-41-35-23-27-9-3-4-10-28(27)24-36(35)42(48-50(45,46)30-21-17-26(2)18-22-30)40-38-33-13-7-5-11-31(33)37(39(40)41)32-12-6-8-14-34(32)38/h3-7,9-13,15-24,37-38H,8,14H2,1-2H3/t37?,38-/m0/s1. The van der Waals surface area contributed by atoms with Crippen molar-refractivity contribution in [3.63, 3.8) is 0 Å². The highest BCUT2D eigenvalue weighted by atomic mass is 32.2. The van der Waals surface area contributed by atoms with Crippen LogP contribution in [0.3, 0.4) is 0 Å². The van der Waals surface area contributed by atoms with E-state index in [0.29, 0.717) is 21.9 Å². The van der Waals surface area contributed by atoms with E-state index in [1.54, 1.807) is 48.5 Å². The molecule has 0 fully saturated rings. The van der Waals surface area contributed by atoms with E-state index in [9.17, 15) is 16.8 Å². The summed E-state index contributed by atoms with van der Waals surface area (Å²) in [6, 6.07) is 32.8. The van der Waals surface area contributed by atoms with Gasteiger partial charge < -0.3 is 8.37 Å². The zero-order valence-corrected chi connectivity index (χ0v) is 29.0. The van der Waals surface area contributed by atoms with Crippen molar-refractivity contribution in [2.24, 2.45) is 0 Å². The molecule has 8 heteroatoms. The molecule has 6 nitrogen and oxygen atoms in total. The molecule has 4 aliphatic carbocycles. The van der Waals surface area contributed by atoms with Gasteiger partial charge in [-0.25, -0.2) is 0 Å². The van der Waals surface area contributed by atoms with Gasteiger partial charge in [0.15, 0.2) is 11.5 Å². The Kier molecular flexibility index (Phi) is 6.89. The molecule has 2 bridgehead atoms. The largest absolute Gasteiger partial charge is 0.378 e. The molecule has 0 spiro atoms. The molecule has 6 aromatic carbocycles. The Morgan fingerprint density at radius 3 is 1.56 bits per heavy atom. The smallest absolute Gasteiger partial charge is 0.339 e. The molecular formula is C42H32O6S2. The fourth-order valence-electron chi connectivity index (χ4n) is 7.95. The maximum atomic E-state index is 14.2. The number of fused-ring (bicyclic) bond motifs is 2. The number of benzene rings is 6. The summed E-state index contributed by atoms with van der Waals surface area (Å²) in [6.07, 6.45) is 5.93. The first-order valence-corrected chi connectivity index (χ1v) is 19.5. The monoisotopic (exact) mass is 696 g/mol. The van der Waals surface area contributed by atoms with Crippen molar-refractivity contribution < 1.29 is 25.2 Å². The second-order valence-corrected chi connectivity index (χ2v) is 16.4. The van der Waals surface area contributed by atoms with Crippen LogP contribution in [-0.4, -0.2) is 16.8 Å². The molecule has 248 valence electrons. The van der Waals surface area contributed by atoms with E-state index in [0.717, 1.165) is 51.4 Å². The van der Waals surface area contributed by atoms with E-state index in [-0.39, 0.29) is 27.2 Å². The maximum absolute atomic E-state index is 14.2. The van der Waals surface area contributed by atoms with Crippen LogP contribution in [-0.2, 0) is 20.2 Å². The van der Waals surface area contributed by atoms with Crippen molar-refractivity contribution in [3.8, 4) is 11.5 Å². The quantitative estimate of drug-likeness (QED) is 0.127. The highest BCUT2D eigenvalue weighted by molar-refractivity contribution is 7.87. The predicted molar refractivity (Wildman–Crippen MR) is 195 cm³/mol. The Bertz CT molecular complexity index is 2690. The van der Waals surface area contributed by atoms with Gasteiger partial charge in [-0.15, -0.1) is 0 Å². The number of hydrogen-bond donors (Lipinski definition) is 0. The summed E-state index contributed by atoms with van der Waals surface area (Å²) >= 11 is 0. The molecule has 10 rings (SSSR count). The van der Waals surface area contributed by atoms with E-state index in [1.807, 2.05) is 62.4 Å². The van der Waals surface area contributed by atoms with Crippen molar-refractivity contribution in [2.75, 3.05) is 0 Å². The minimum absolute atomic E-state index is 0.0342. The summed E-state index contributed by atoms with van der Waals surface area (Å²) in [4.78, 5) is 0.0711. The Balaban J connectivity index is 1.41. The average Bonchev–Trinajstić information content (AvgIpc) is 3.12. The average molecular weight is 697 g/mol. The molecule has 0 aromatic heterocycles. The van der Waals surface area contributed by atoms with Crippen molar-refractivity contribution in [1.29, 1.82) is 0 Å². The van der Waals surface area contributed by atoms with Crippen LogP contribution >= 0.6 is 0 Å². The van der Waals surface area contributed by atoms with Crippen LogP contribution in [0, 0.1) is 13.8 Å². The topological polar surface area (TPSA) is 86.7 Å². The van der Waals surface area contributed by atoms with Gasteiger partial charge in [-0.3, -0.25) is 0 Å². The SMILES string of the molecule is Cc1ccc(S(=O)(=O)Oc2c3c(c(OS(=O)(=O)c4ccc(C)cc4)c4cc5ccccc5cc24)[C@@H]2C4=C(C=CCC4)C3c3ccccc32)cc1. The molecule has 0 aliphatic heterocycles. The highest BCUT2D eigenvalue weighted by Gasteiger charge is 2.48. The molecule has 2 atom stereocenters. The van der Waals surface area contributed by atoms with Crippen LogP contribution < -0.4 is 8.37 Å². The number of allylic oxidation sites excluding steroid dienone is 4. The lowest BCUT2D eigenvalue weighted by molar-refractivity contribution is 0.471. The lowest BCUT2D eigenvalue weighted by atomic mass is 9.58. The Morgan fingerprint density at radius 1 is 0.580 bits per heavy atom. The van der Waals surface area contributed by atoms with Crippen LogP contribution in [0.5, 0.6) is 11.5 Å². The molecule has 0 heterocycles. The van der Waals surface area contributed by atoms with Crippen LogP contribution in [0.25, 0.3) is 21.5 Å². The highest BCUT2D eigenvalue weighted by Crippen LogP contribution is 2.64. The molecule has 6 aromatic rings. The first-order chi connectivity index (χ1) is 24.1. The van der Waals surface area contributed by atoms with Gasteiger partial charge in [-0.1, -0.05) is 102 Å². The first-order valence-electron chi connectivity index (χ1n) is 16.6. The van der Waals surface area contributed by atoms with Gasteiger partial charge in [0, 0.05) is 33.7 Å². The second-order valence-electron chi connectivity index (χ2n) is 13.3. The number of hydrogen-bond acceptors (Lipinski definition) is 6. The van der Waals surface area contributed by atoms with Crippen molar-refractivity contribution in [1.82, 2.24) is 0 Å². The summed E-state index contributed by atoms with van der Waals surface area (Å²) in [5.41, 5.74) is 7.48. The fraction of sp³-hybridized carbons (Fsp3) is 0.143. The van der Waals surface area contributed by atoms with Gasteiger partial charge in [-0.05, 0) is 90.6 Å². The van der Waals surface area contributed by atoms with Gasteiger partial charge in [0.25, 0.3) is 0 Å². The Hall–Kier alpha value is -5.18. The lowest BCUT2D eigenvalue weighted by Crippen LogP contribution is -2.30. The first kappa shape index (κ1) is 30.8. The van der Waals surface area contributed by atoms with E-state index in [2.05, 4.69) is 24.3 Å². The normalized spacial score (nSPS) is 17.8. The zero-order chi connectivity index (χ0) is 34.4. The molecule has 0 saturated heterocycles. The predicted octanol–water partition coefficient (Wildman–Crippen LogP) is 9.38. The van der Waals surface area contributed by atoms with Gasteiger partial charge in [-0.2, -0.15) is 16.8 Å². The van der Waals surface area contributed by atoms with Crippen LogP contribution in [0.4, 0.5) is 0 Å². The van der Waals surface area contributed by atoms with E-state index < -0.39 is 26.2 Å². The van der Waals surface area contributed by atoms with Gasteiger partial charge in [0.1, 0.15) is 9.79 Å². The Morgan fingerprint density at radius 2 is 1.04 bits per heavy atom. The summed E-state index contributed by atoms with van der Waals surface area (Å²) in [7, 11) is -8.64. The van der Waals surface area contributed by atoms with Gasteiger partial charge >= 0.3 is 20.2 Å². The third-order valence-electron chi connectivity index (χ3n) is 10.3. The van der Waals surface area contributed by atoms with Crippen molar-refractivity contribution in [3.05, 3.63) is 166 Å². The van der Waals surface area contributed by atoms with Crippen LogP contribution in [0.2, 0.25) is 0 Å². The van der Waals surface area contributed by atoms with E-state index in [1.165, 1.54) is 5.57 Å². The molecule has 4 aliphatic rings. The molecule has 0 N–H and O–H groups in total. The molecule has 50 heavy (non-hydrogen) atoms. The molecule has 1 unspecified atom stereocenters. The molecular weight excluding hydrogens is 665 g/mol. The summed E-state index contributed by atoms with van der Waals surface area (Å²) in [5.74, 6) is -0.376. The van der Waals surface area contributed by atoms with Crippen LogP contribution in [0.1, 0.15) is 58.1 Å². The maximum Gasteiger partial charge on any atom is 0.339 e. The summed E-state index contributed by atoms with van der Waals surface area (Å²) in [6.45, 7) is 3.79. The van der Waals surface area contributed by atoms with Gasteiger partial charge in [0.2, 0.25) is 0 Å². The third kappa shape index (κ3) is 4.73. The van der Waals surface area contributed by atoms with Crippen molar-refractivity contribution >= 4 is 41.8 Å². The fourth-order valence-corrected chi connectivity index (χ4v) is 9.88. The third-order valence-corrected chi connectivity index (χ3v) is 12.7. The summed E-state index contributed by atoms with van der Waals surface area (Å²) < 4.78 is 69.5. The van der Waals surface area contributed by atoms with Crippen molar-refractivity contribution in [2.45, 2.75) is 48.3 Å². The zero-order valence-electron chi connectivity index (χ0n) is 27.4. The minimum Gasteiger partial charge on any atom is -0.378 e.